The third kappa shape index (κ3) is 2.39. The maximum absolute atomic E-state index is 2.52. The van der Waals surface area contributed by atoms with E-state index in [4.69, 9.17) is 0 Å². The number of para-hydroxylation sites is 3. The molecule has 0 aliphatic carbocycles. The summed E-state index contributed by atoms with van der Waals surface area (Å²) in [5, 5.41) is 5.34. The highest BCUT2D eigenvalue weighted by atomic mass is 32.2. The molecule has 1 unspecified atom stereocenters. The van der Waals surface area contributed by atoms with Crippen molar-refractivity contribution in [2.45, 2.75) is 15.2 Å². The second kappa shape index (κ2) is 7.45. The van der Waals surface area contributed by atoms with Gasteiger partial charge in [0.25, 0.3) is 0 Å². The Morgan fingerprint density at radius 3 is 2.17 bits per heavy atom. The molecular formula is C37H21NS2. The quantitative estimate of drug-likeness (QED) is 0.184. The lowest BCUT2D eigenvalue weighted by atomic mass is 9.62. The summed E-state index contributed by atoms with van der Waals surface area (Å²) in [6.45, 7) is 0. The molecule has 4 heterocycles. The molecule has 0 N–H and O–H groups in total. The van der Waals surface area contributed by atoms with Gasteiger partial charge >= 0.3 is 0 Å². The highest BCUT2D eigenvalue weighted by molar-refractivity contribution is 8.00. The Morgan fingerprint density at radius 2 is 1.23 bits per heavy atom. The lowest BCUT2D eigenvalue weighted by molar-refractivity contribution is 0.692. The number of benzene rings is 6. The Bertz CT molecular complexity index is 2370. The van der Waals surface area contributed by atoms with Crippen molar-refractivity contribution in [1.82, 2.24) is 4.57 Å². The molecule has 10 rings (SSSR count). The zero-order valence-corrected chi connectivity index (χ0v) is 23.0. The van der Waals surface area contributed by atoms with E-state index >= 15 is 0 Å². The number of fused-ring (bicyclic) bond motifs is 15. The van der Waals surface area contributed by atoms with Crippen LogP contribution in [0.3, 0.4) is 0 Å². The normalized spacial score (nSPS) is 17.0. The van der Waals surface area contributed by atoms with Crippen LogP contribution < -0.4 is 0 Å². The van der Waals surface area contributed by atoms with Gasteiger partial charge in [0.1, 0.15) is 0 Å². The lowest BCUT2D eigenvalue weighted by Gasteiger charge is -2.45. The summed E-state index contributed by atoms with van der Waals surface area (Å²) < 4.78 is 5.27. The Hall–Kier alpha value is -4.31. The monoisotopic (exact) mass is 543 g/mol. The van der Waals surface area contributed by atoms with Crippen molar-refractivity contribution in [3.05, 3.63) is 150 Å². The van der Waals surface area contributed by atoms with Crippen LogP contribution in [-0.4, -0.2) is 4.57 Å². The smallest absolute Gasteiger partial charge is 0.0764 e. The van der Waals surface area contributed by atoms with E-state index in [2.05, 4.69) is 132 Å². The first kappa shape index (κ1) is 21.5. The van der Waals surface area contributed by atoms with Gasteiger partial charge in [0, 0.05) is 40.7 Å². The Balaban J connectivity index is 1.47. The molecule has 186 valence electrons. The van der Waals surface area contributed by atoms with E-state index in [1.807, 2.05) is 23.1 Å². The minimum Gasteiger partial charge on any atom is -0.309 e. The van der Waals surface area contributed by atoms with Gasteiger partial charge < -0.3 is 4.57 Å². The number of hydrogen-bond donors (Lipinski definition) is 0. The summed E-state index contributed by atoms with van der Waals surface area (Å²) in [4.78, 5) is 2.74. The van der Waals surface area contributed by atoms with Crippen molar-refractivity contribution in [3.8, 4) is 5.69 Å². The Kier molecular flexibility index (Phi) is 4.01. The molecule has 3 heteroatoms. The van der Waals surface area contributed by atoms with Crippen molar-refractivity contribution < 1.29 is 0 Å². The number of nitrogens with zero attached hydrogens (tertiary/aromatic N) is 1. The molecule has 0 radical (unpaired) electrons. The second-order valence-electron chi connectivity index (χ2n) is 10.8. The van der Waals surface area contributed by atoms with Crippen LogP contribution in [0.4, 0.5) is 0 Å². The molecule has 1 nitrogen and oxygen atoms in total. The fourth-order valence-corrected chi connectivity index (χ4v) is 10.2. The molecule has 1 atom stereocenters. The van der Waals surface area contributed by atoms with E-state index in [-0.39, 0.29) is 0 Å². The number of aromatic nitrogens is 1. The number of rotatable bonds is 0. The molecule has 2 aliphatic rings. The first-order valence-corrected chi connectivity index (χ1v) is 15.3. The van der Waals surface area contributed by atoms with Crippen LogP contribution in [0.25, 0.3) is 47.7 Å². The molecule has 1 spiro atoms. The highest BCUT2D eigenvalue weighted by Gasteiger charge is 2.49. The molecular weight excluding hydrogens is 523 g/mol. The number of thiophene rings is 1. The van der Waals surface area contributed by atoms with Gasteiger partial charge in [-0.2, -0.15) is 0 Å². The molecule has 8 aromatic rings. The molecule has 2 aliphatic heterocycles. The van der Waals surface area contributed by atoms with Gasteiger partial charge in [-0.05, 0) is 46.5 Å². The molecule has 0 amide bonds. The summed E-state index contributed by atoms with van der Waals surface area (Å²) in [5.74, 6) is 0. The zero-order chi connectivity index (χ0) is 26.0. The van der Waals surface area contributed by atoms with Crippen molar-refractivity contribution in [2.24, 2.45) is 0 Å². The third-order valence-corrected chi connectivity index (χ3v) is 11.6. The van der Waals surface area contributed by atoms with Crippen LogP contribution >= 0.6 is 23.1 Å². The molecule has 0 saturated heterocycles. The third-order valence-electron chi connectivity index (χ3n) is 9.06. The van der Waals surface area contributed by atoms with Gasteiger partial charge in [-0.25, -0.2) is 0 Å². The van der Waals surface area contributed by atoms with E-state index < -0.39 is 5.41 Å². The zero-order valence-electron chi connectivity index (χ0n) is 21.4. The van der Waals surface area contributed by atoms with Crippen LogP contribution in [0.5, 0.6) is 0 Å². The maximum Gasteiger partial charge on any atom is 0.0764 e. The summed E-state index contributed by atoms with van der Waals surface area (Å²) in [7, 11) is 0. The van der Waals surface area contributed by atoms with Crippen molar-refractivity contribution in [1.29, 1.82) is 0 Å². The van der Waals surface area contributed by atoms with Gasteiger partial charge in [-0.15, -0.1) is 11.3 Å². The van der Waals surface area contributed by atoms with Crippen molar-refractivity contribution in [3.63, 3.8) is 0 Å². The maximum atomic E-state index is 2.52. The van der Waals surface area contributed by atoms with Crippen LogP contribution in [0, 0.1) is 0 Å². The van der Waals surface area contributed by atoms with Crippen LogP contribution in [0.2, 0.25) is 0 Å². The molecule has 2 aromatic heterocycles. The molecule has 0 bridgehead atoms. The SMILES string of the molecule is c1ccc2c(c1)Sc1c(ccc3c1sc1ccccc13)C21c2ccccc2-n2c3ccccc3c3cccc1c32. The van der Waals surface area contributed by atoms with Crippen LogP contribution in [0.15, 0.2) is 137 Å². The molecule has 0 saturated carbocycles. The van der Waals surface area contributed by atoms with Crippen LogP contribution in [-0.2, 0) is 5.41 Å². The highest BCUT2D eigenvalue weighted by Crippen LogP contribution is 2.62. The largest absolute Gasteiger partial charge is 0.309 e. The summed E-state index contributed by atoms with van der Waals surface area (Å²) in [6, 6.07) is 47.7. The van der Waals surface area contributed by atoms with E-state index in [1.165, 1.54) is 79.7 Å². The van der Waals surface area contributed by atoms with E-state index in [9.17, 15) is 0 Å². The molecule has 6 aromatic carbocycles. The fraction of sp³-hybridized carbons (Fsp3) is 0.0270. The van der Waals surface area contributed by atoms with Crippen molar-refractivity contribution >= 4 is 65.1 Å². The molecule has 0 fully saturated rings. The Labute approximate surface area is 239 Å². The minimum absolute atomic E-state index is 0.415. The Morgan fingerprint density at radius 1 is 0.500 bits per heavy atom. The first-order chi connectivity index (χ1) is 19.9. The summed E-state index contributed by atoms with van der Waals surface area (Å²) in [5.41, 5.74) is 8.95. The van der Waals surface area contributed by atoms with E-state index in [0.717, 1.165) is 0 Å². The standard InChI is InChI=1S/C37H21NS2/c1-5-16-30-22(10-1)24-12-9-15-28-34(24)38(30)31-17-6-3-13-26(31)37(28)27-14-4-8-19-33(27)40-36-29(37)21-20-25-23-11-2-7-18-32(23)39-35(25)36/h1-21H. The number of hydrogen-bond acceptors (Lipinski definition) is 2. The van der Waals surface area contributed by atoms with E-state index in [1.54, 1.807) is 0 Å². The van der Waals surface area contributed by atoms with Gasteiger partial charge in [0.2, 0.25) is 0 Å². The van der Waals surface area contributed by atoms with Gasteiger partial charge in [0.15, 0.2) is 0 Å². The van der Waals surface area contributed by atoms with Gasteiger partial charge in [0.05, 0.1) is 22.1 Å². The second-order valence-corrected chi connectivity index (χ2v) is 12.9. The summed E-state index contributed by atoms with van der Waals surface area (Å²) >= 11 is 3.88. The topological polar surface area (TPSA) is 4.93 Å². The van der Waals surface area contributed by atoms with Gasteiger partial charge in [-0.1, -0.05) is 115 Å². The van der Waals surface area contributed by atoms with Gasteiger partial charge in [-0.3, -0.25) is 0 Å². The molecule has 40 heavy (non-hydrogen) atoms. The van der Waals surface area contributed by atoms with E-state index in [0.29, 0.717) is 0 Å². The predicted molar refractivity (Wildman–Crippen MR) is 170 cm³/mol. The first-order valence-electron chi connectivity index (χ1n) is 13.7. The fourth-order valence-electron chi connectivity index (χ4n) is 7.56. The average Bonchev–Trinajstić information content (AvgIpc) is 3.56. The average molecular weight is 544 g/mol. The predicted octanol–water partition coefficient (Wildman–Crippen LogP) is 10.3. The summed E-state index contributed by atoms with van der Waals surface area (Å²) in [6.07, 6.45) is 0. The minimum atomic E-state index is -0.415. The van der Waals surface area contributed by atoms with Crippen molar-refractivity contribution in [2.75, 3.05) is 0 Å². The lowest BCUT2D eigenvalue weighted by Crippen LogP contribution is -2.37. The van der Waals surface area contributed by atoms with Crippen LogP contribution in [0.1, 0.15) is 22.3 Å².